The Hall–Kier alpha value is -1.63. The van der Waals surface area contributed by atoms with E-state index in [-0.39, 0.29) is 30.6 Å². The van der Waals surface area contributed by atoms with Crippen LogP contribution in [0.2, 0.25) is 0 Å². The monoisotopic (exact) mass is 351 g/mol. The summed E-state index contributed by atoms with van der Waals surface area (Å²) < 4.78 is 5.64. The summed E-state index contributed by atoms with van der Waals surface area (Å²) in [5.74, 6) is 0.210. The highest BCUT2D eigenvalue weighted by Crippen LogP contribution is 2.37. The predicted octanol–water partition coefficient (Wildman–Crippen LogP) is 1.51. The van der Waals surface area contributed by atoms with E-state index in [1.165, 1.54) is 0 Å². The first-order valence-electron chi connectivity index (χ1n) is 9.42. The first-order valence-corrected chi connectivity index (χ1v) is 9.42. The number of carbonyl (C=O) groups excluding carboxylic acids is 3. The van der Waals surface area contributed by atoms with Gasteiger partial charge in [-0.2, -0.15) is 0 Å². The molecule has 7 nitrogen and oxygen atoms in total. The van der Waals surface area contributed by atoms with Gasteiger partial charge in [0, 0.05) is 13.1 Å². The number of imide groups is 1. The number of carbonyl (C=O) groups is 3. The number of urea groups is 1. The maximum atomic E-state index is 12.9. The van der Waals surface area contributed by atoms with Gasteiger partial charge in [-0.1, -0.05) is 13.3 Å². The molecule has 0 aromatic rings. The summed E-state index contributed by atoms with van der Waals surface area (Å²) >= 11 is 0. The molecule has 1 aliphatic carbocycles. The quantitative estimate of drug-likeness (QED) is 0.782. The summed E-state index contributed by atoms with van der Waals surface area (Å²) in [6.45, 7) is 6.82. The molecule has 0 aromatic carbocycles. The van der Waals surface area contributed by atoms with Crippen LogP contribution >= 0.6 is 0 Å². The lowest BCUT2D eigenvalue weighted by atomic mass is 9.75. The number of amides is 4. The van der Waals surface area contributed by atoms with Gasteiger partial charge in [0.15, 0.2) is 0 Å². The molecule has 7 heteroatoms. The Labute approximate surface area is 149 Å². The van der Waals surface area contributed by atoms with E-state index in [0.717, 1.165) is 24.2 Å². The predicted molar refractivity (Wildman–Crippen MR) is 91.8 cm³/mol. The smallest absolute Gasteiger partial charge is 0.325 e. The molecule has 2 saturated heterocycles. The van der Waals surface area contributed by atoms with Crippen LogP contribution in [-0.2, 0) is 14.3 Å². The van der Waals surface area contributed by atoms with E-state index in [2.05, 4.69) is 12.2 Å². The van der Waals surface area contributed by atoms with Crippen molar-refractivity contribution in [1.29, 1.82) is 0 Å². The lowest BCUT2D eigenvalue weighted by Gasteiger charge is -2.36. The Balaban J connectivity index is 1.64. The molecule has 3 rings (SSSR count). The van der Waals surface area contributed by atoms with Crippen molar-refractivity contribution in [3.8, 4) is 0 Å². The van der Waals surface area contributed by atoms with Crippen molar-refractivity contribution in [1.82, 2.24) is 15.1 Å². The van der Waals surface area contributed by atoms with Crippen molar-refractivity contribution < 1.29 is 19.1 Å². The second-order valence-electron chi connectivity index (χ2n) is 7.81. The summed E-state index contributed by atoms with van der Waals surface area (Å²) in [6, 6.07) is -0.428. The number of nitrogens with one attached hydrogen (secondary N) is 1. The van der Waals surface area contributed by atoms with E-state index in [1.807, 2.05) is 13.8 Å². The fourth-order valence-electron chi connectivity index (χ4n) is 4.35. The number of ether oxygens (including phenoxy) is 1. The van der Waals surface area contributed by atoms with E-state index in [4.69, 9.17) is 4.74 Å². The van der Waals surface area contributed by atoms with Gasteiger partial charge in [0.2, 0.25) is 5.91 Å². The molecular formula is C18H29N3O4. The van der Waals surface area contributed by atoms with Gasteiger partial charge in [0.1, 0.15) is 12.1 Å². The molecule has 3 fully saturated rings. The highest BCUT2D eigenvalue weighted by atomic mass is 16.5. The first-order chi connectivity index (χ1) is 11.8. The van der Waals surface area contributed by atoms with Gasteiger partial charge >= 0.3 is 6.03 Å². The number of rotatable bonds is 3. The standard InChI is InChI=1S/C18H29N3O4/c1-4-14-5-7-18(8-6-14)16(23)21(17(24)19-18)11-15(22)20-9-12(2)25-13(3)10-20/h12-14H,4-11H2,1-3H3,(H,19,24)/t12-,13+,14?,18?. The van der Waals surface area contributed by atoms with Gasteiger partial charge in [0.05, 0.1) is 12.2 Å². The average Bonchev–Trinajstić information content (AvgIpc) is 2.79. The minimum atomic E-state index is -0.783. The Morgan fingerprint density at radius 1 is 1.20 bits per heavy atom. The fraction of sp³-hybridized carbons (Fsp3) is 0.833. The highest BCUT2D eigenvalue weighted by Gasteiger charge is 2.52. The van der Waals surface area contributed by atoms with Gasteiger partial charge in [0.25, 0.3) is 5.91 Å². The van der Waals surface area contributed by atoms with Crippen LogP contribution in [0.25, 0.3) is 0 Å². The van der Waals surface area contributed by atoms with E-state index in [1.54, 1.807) is 4.90 Å². The largest absolute Gasteiger partial charge is 0.372 e. The lowest BCUT2D eigenvalue weighted by Crippen LogP contribution is -2.52. The first kappa shape index (κ1) is 18.2. The maximum absolute atomic E-state index is 12.9. The molecule has 4 amide bonds. The van der Waals surface area contributed by atoms with Crippen LogP contribution in [-0.4, -0.2) is 65.0 Å². The molecule has 0 radical (unpaired) electrons. The van der Waals surface area contributed by atoms with Gasteiger partial charge in [-0.05, 0) is 45.4 Å². The average molecular weight is 351 g/mol. The third-order valence-corrected chi connectivity index (χ3v) is 5.85. The molecule has 25 heavy (non-hydrogen) atoms. The molecule has 1 saturated carbocycles. The summed E-state index contributed by atoms with van der Waals surface area (Å²) in [5, 5.41) is 2.88. The number of morpholine rings is 1. The molecule has 1 spiro atoms. The van der Waals surface area contributed by atoms with Gasteiger partial charge < -0.3 is 15.0 Å². The third-order valence-electron chi connectivity index (χ3n) is 5.85. The Bertz CT molecular complexity index is 547. The Kier molecular flexibility index (Phi) is 5.04. The number of nitrogens with zero attached hydrogens (tertiary/aromatic N) is 2. The second-order valence-corrected chi connectivity index (χ2v) is 7.81. The van der Waals surface area contributed by atoms with E-state index < -0.39 is 11.6 Å². The van der Waals surface area contributed by atoms with Crippen LogP contribution in [0.5, 0.6) is 0 Å². The van der Waals surface area contributed by atoms with Crippen molar-refractivity contribution in [3.63, 3.8) is 0 Å². The molecule has 0 bridgehead atoms. The molecule has 0 aromatic heterocycles. The SMILES string of the molecule is CCC1CCC2(CC1)NC(=O)N(CC(=O)N1C[C@@H](C)O[C@@H](C)C1)C2=O. The van der Waals surface area contributed by atoms with Crippen LogP contribution in [0.1, 0.15) is 52.9 Å². The van der Waals surface area contributed by atoms with Crippen molar-refractivity contribution in [2.24, 2.45) is 5.92 Å². The van der Waals surface area contributed by atoms with Gasteiger partial charge in [-0.25, -0.2) is 4.79 Å². The van der Waals surface area contributed by atoms with Crippen LogP contribution in [0.4, 0.5) is 4.79 Å². The van der Waals surface area contributed by atoms with Crippen LogP contribution < -0.4 is 5.32 Å². The zero-order valence-corrected chi connectivity index (χ0v) is 15.4. The molecule has 0 unspecified atom stereocenters. The van der Waals surface area contributed by atoms with Crippen LogP contribution in [0, 0.1) is 5.92 Å². The normalized spacial score (nSPS) is 36.0. The molecule has 2 aliphatic heterocycles. The summed E-state index contributed by atoms with van der Waals surface area (Å²) in [5.41, 5.74) is -0.783. The zero-order valence-electron chi connectivity index (χ0n) is 15.4. The third kappa shape index (κ3) is 3.52. The van der Waals surface area contributed by atoms with Gasteiger partial charge in [-0.3, -0.25) is 14.5 Å². The maximum Gasteiger partial charge on any atom is 0.325 e. The van der Waals surface area contributed by atoms with Crippen LogP contribution in [0.3, 0.4) is 0 Å². The lowest BCUT2D eigenvalue weighted by molar-refractivity contribution is -0.147. The number of hydrogen-bond donors (Lipinski definition) is 1. The van der Waals surface area contributed by atoms with E-state index in [9.17, 15) is 14.4 Å². The molecular weight excluding hydrogens is 322 g/mol. The van der Waals surface area contributed by atoms with E-state index in [0.29, 0.717) is 31.8 Å². The van der Waals surface area contributed by atoms with Crippen LogP contribution in [0.15, 0.2) is 0 Å². The Morgan fingerprint density at radius 3 is 2.36 bits per heavy atom. The molecule has 3 aliphatic rings. The van der Waals surface area contributed by atoms with Crippen molar-refractivity contribution in [2.45, 2.75) is 70.6 Å². The van der Waals surface area contributed by atoms with Crippen molar-refractivity contribution in [3.05, 3.63) is 0 Å². The topological polar surface area (TPSA) is 79.0 Å². The molecule has 2 atom stereocenters. The van der Waals surface area contributed by atoms with E-state index >= 15 is 0 Å². The summed E-state index contributed by atoms with van der Waals surface area (Å²) in [6.07, 6.45) is 4.27. The minimum absolute atomic E-state index is 0.0357. The van der Waals surface area contributed by atoms with Crippen molar-refractivity contribution >= 4 is 17.8 Å². The zero-order chi connectivity index (χ0) is 18.2. The molecule has 1 N–H and O–H groups in total. The number of hydrogen-bond acceptors (Lipinski definition) is 4. The summed E-state index contributed by atoms with van der Waals surface area (Å²) in [4.78, 5) is 40.6. The Morgan fingerprint density at radius 2 is 1.80 bits per heavy atom. The second kappa shape index (κ2) is 6.94. The van der Waals surface area contributed by atoms with Crippen molar-refractivity contribution in [2.75, 3.05) is 19.6 Å². The van der Waals surface area contributed by atoms with Gasteiger partial charge in [-0.15, -0.1) is 0 Å². The fourth-order valence-corrected chi connectivity index (χ4v) is 4.35. The molecule has 2 heterocycles. The molecule has 140 valence electrons. The highest BCUT2D eigenvalue weighted by molar-refractivity contribution is 6.09. The minimum Gasteiger partial charge on any atom is -0.372 e. The summed E-state index contributed by atoms with van der Waals surface area (Å²) in [7, 11) is 0.